The highest BCUT2D eigenvalue weighted by Gasteiger charge is 1.93. The number of rotatable bonds is 3. The summed E-state index contributed by atoms with van der Waals surface area (Å²) in [4.78, 5) is 10.5. The first-order valence-electron chi connectivity index (χ1n) is 2.89. The molecule has 0 aromatic heterocycles. The summed E-state index contributed by atoms with van der Waals surface area (Å²) in [5.74, 6) is 4.17. The van der Waals surface area contributed by atoms with Crippen molar-refractivity contribution in [1.82, 2.24) is 0 Å². The molecule has 3 nitrogen and oxygen atoms in total. The summed E-state index contributed by atoms with van der Waals surface area (Å²) in [6.45, 7) is 2.26. The van der Waals surface area contributed by atoms with Crippen LogP contribution >= 0.6 is 0 Å². The van der Waals surface area contributed by atoms with Crippen LogP contribution in [0.25, 0.3) is 0 Å². The van der Waals surface area contributed by atoms with Crippen LogP contribution in [0.4, 0.5) is 0 Å². The predicted molar refractivity (Wildman–Crippen MR) is 36.3 cm³/mol. The van der Waals surface area contributed by atoms with Crippen LogP contribution in [0.1, 0.15) is 6.92 Å². The van der Waals surface area contributed by atoms with E-state index in [2.05, 4.69) is 21.3 Å². The van der Waals surface area contributed by atoms with E-state index in [4.69, 9.17) is 0 Å². The van der Waals surface area contributed by atoms with Gasteiger partial charge in [-0.3, -0.25) is 0 Å². The number of methoxy groups -OCH3 is 1. The summed E-state index contributed by atoms with van der Waals surface area (Å²) in [5, 5.41) is 0. The van der Waals surface area contributed by atoms with Crippen LogP contribution in [0, 0.1) is 11.8 Å². The molecule has 0 rings (SSSR count). The van der Waals surface area contributed by atoms with Crippen molar-refractivity contribution < 1.29 is 14.3 Å². The van der Waals surface area contributed by atoms with Crippen LogP contribution < -0.4 is 0 Å². The Morgan fingerprint density at radius 2 is 2.20 bits per heavy atom. The third kappa shape index (κ3) is 5.13. The van der Waals surface area contributed by atoms with Crippen molar-refractivity contribution in [3.8, 4) is 11.8 Å². The number of carbonyl (C=O) groups is 1. The van der Waals surface area contributed by atoms with Gasteiger partial charge in [-0.1, -0.05) is 5.92 Å². The summed E-state index contributed by atoms with van der Waals surface area (Å²) >= 11 is 0. The quantitative estimate of drug-likeness (QED) is 0.244. The van der Waals surface area contributed by atoms with Crippen LogP contribution in [-0.4, -0.2) is 26.3 Å². The molecular weight excluding hydrogens is 132 g/mol. The molecule has 0 atom stereocenters. The molecular formula is C7H10O3. The number of hydrogen-bond acceptors (Lipinski definition) is 3. The Labute approximate surface area is 60.3 Å². The Balaban J connectivity index is 3.28. The van der Waals surface area contributed by atoms with E-state index in [0.29, 0.717) is 6.61 Å². The van der Waals surface area contributed by atoms with Crippen molar-refractivity contribution in [2.24, 2.45) is 0 Å². The zero-order chi connectivity index (χ0) is 7.82. The van der Waals surface area contributed by atoms with Crippen molar-refractivity contribution in [1.29, 1.82) is 0 Å². The van der Waals surface area contributed by atoms with Gasteiger partial charge < -0.3 is 9.47 Å². The van der Waals surface area contributed by atoms with Gasteiger partial charge in [0.05, 0.1) is 6.61 Å². The van der Waals surface area contributed by atoms with Crippen LogP contribution in [-0.2, 0) is 14.3 Å². The average molecular weight is 142 g/mol. The van der Waals surface area contributed by atoms with E-state index >= 15 is 0 Å². The lowest BCUT2D eigenvalue weighted by molar-refractivity contribution is -0.137. The summed E-state index contributed by atoms with van der Waals surface area (Å²) in [7, 11) is 1.54. The van der Waals surface area contributed by atoms with E-state index in [1.54, 1.807) is 14.0 Å². The zero-order valence-electron chi connectivity index (χ0n) is 6.14. The van der Waals surface area contributed by atoms with Crippen LogP contribution in [0.2, 0.25) is 0 Å². The molecule has 0 heterocycles. The van der Waals surface area contributed by atoms with Crippen LogP contribution in [0.5, 0.6) is 0 Å². The van der Waals surface area contributed by atoms with Gasteiger partial charge in [0, 0.05) is 13.0 Å². The molecule has 0 radical (unpaired) electrons. The zero-order valence-corrected chi connectivity index (χ0v) is 6.14. The minimum atomic E-state index is -0.500. The van der Waals surface area contributed by atoms with E-state index in [0.717, 1.165) is 0 Å². The molecule has 0 aliphatic carbocycles. The second kappa shape index (κ2) is 6.12. The third-order valence-corrected chi connectivity index (χ3v) is 0.748. The first-order valence-corrected chi connectivity index (χ1v) is 2.89. The first-order chi connectivity index (χ1) is 4.81. The highest BCUT2D eigenvalue weighted by molar-refractivity contribution is 5.88. The summed E-state index contributed by atoms with van der Waals surface area (Å²) in [5.41, 5.74) is 0. The fourth-order valence-corrected chi connectivity index (χ4v) is 0.356. The summed E-state index contributed by atoms with van der Waals surface area (Å²) < 4.78 is 9.23. The SMILES string of the molecule is CC#CC(=O)OCCOC. The smallest absolute Gasteiger partial charge is 0.384 e. The van der Waals surface area contributed by atoms with E-state index in [1.807, 2.05) is 0 Å². The van der Waals surface area contributed by atoms with Crippen molar-refractivity contribution in [3.05, 3.63) is 0 Å². The first kappa shape index (κ1) is 8.99. The standard InChI is InChI=1S/C7H10O3/c1-3-4-7(8)10-6-5-9-2/h5-6H2,1-2H3. The maximum absolute atomic E-state index is 10.5. The predicted octanol–water partition coefficient (Wildman–Crippen LogP) is 0.199. The van der Waals surface area contributed by atoms with Gasteiger partial charge >= 0.3 is 5.97 Å². The van der Waals surface area contributed by atoms with Crippen molar-refractivity contribution in [3.63, 3.8) is 0 Å². The number of carbonyl (C=O) groups excluding carboxylic acids is 1. The molecule has 56 valence electrons. The largest absolute Gasteiger partial charge is 0.454 e. The van der Waals surface area contributed by atoms with Crippen molar-refractivity contribution >= 4 is 5.97 Å². The van der Waals surface area contributed by atoms with E-state index in [-0.39, 0.29) is 6.61 Å². The minimum absolute atomic E-state index is 0.268. The molecule has 0 N–H and O–H groups in total. The lowest BCUT2D eigenvalue weighted by atomic mass is 10.6. The maximum Gasteiger partial charge on any atom is 0.384 e. The molecule has 0 aliphatic rings. The molecule has 0 unspecified atom stereocenters. The lowest BCUT2D eigenvalue weighted by Crippen LogP contribution is -2.07. The van der Waals surface area contributed by atoms with Gasteiger partial charge in [-0.2, -0.15) is 0 Å². The van der Waals surface area contributed by atoms with E-state index < -0.39 is 5.97 Å². The number of ether oxygens (including phenoxy) is 2. The molecule has 0 aromatic rings. The Morgan fingerprint density at radius 3 is 2.70 bits per heavy atom. The van der Waals surface area contributed by atoms with Gasteiger partial charge in [-0.05, 0) is 6.92 Å². The molecule has 10 heavy (non-hydrogen) atoms. The Bertz CT molecular complexity index is 152. The summed E-state index contributed by atoms with van der Waals surface area (Å²) in [6.07, 6.45) is 0. The molecule has 0 saturated heterocycles. The molecule has 0 aromatic carbocycles. The fraction of sp³-hybridized carbons (Fsp3) is 0.571. The van der Waals surface area contributed by atoms with E-state index in [9.17, 15) is 4.79 Å². The molecule has 0 spiro atoms. The van der Waals surface area contributed by atoms with E-state index in [1.165, 1.54) is 0 Å². The molecule has 0 amide bonds. The maximum atomic E-state index is 10.5. The third-order valence-electron chi connectivity index (χ3n) is 0.748. The molecule has 0 fully saturated rings. The molecule has 0 aliphatic heterocycles. The number of esters is 1. The molecule has 3 heteroatoms. The lowest BCUT2D eigenvalue weighted by Gasteiger charge is -1.96. The van der Waals surface area contributed by atoms with Gasteiger partial charge in [0.25, 0.3) is 0 Å². The number of hydrogen-bond donors (Lipinski definition) is 0. The highest BCUT2D eigenvalue weighted by Crippen LogP contribution is 1.76. The average Bonchev–Trinajstić information content (AvgIpc) is 1.89. The topological polar surface area (TPSA) is 35.5 Å². The Hall–Kier alpha value is -1.01. The monoisotopic (exact) mass is 142 g/mol. The molecule has 0 saturated carbocycles. The second-order valence-corrected chi connectivity index (χ2v) is 1.50. The fourth-order valence-electron chi connectivity index (χ4n) is 0.356. The Kier molecular flexibility index (Phi) is 5.50. The van der Waals surface area contributed by atoms with Gasteiger partial charge in [0.15, 0.2) is 0 Å². The highest BCUT2D eigenvalue weighted by atomic mass is 16.6. The van der Waals surface area contributed by atoms with Crippen molar-refractivity contribution in [2.45, 2.75) is 6.92 Å². The van der Waals surface area contributed by atoms with Gasteiger partial charge in [-0.25, -0.2) is 4.79 Å². The van der Waals surface area contributed by atoms with Crippen LogP contribution in [0.3, 0.4) is 0 Å². The van der Waals surface area contributed by atoms with Gasteiger partial charge in [0.2, 0.25) is 0 Å². The minimum Gasteiger partial charge on any atom is -0.454 e. The normalized spacial score (nSPS) is 7.80. The van der Waals surface area contributed by atoms with Crippen molar-refractivity contribution in [2.75, 3.05) is 20.3 Å². The summed E-state index contributed by atoms with van der Waals surface area (Å²) in [6, 6.07) is 0. The van der Waals surface area contributed by atoms with Gasteiger partial charge in [0.1, 0.15) is 6.61 Å². The molecule has 0 bridgehead atoms. The van der Waals surface area contributed by atoms with Crippen LogP contribution in [0.15, 0.2) is 0 Å². The van der Waals surface area contributed by atoms with Gasteiger partial charge in [-0.15, -0.1) is 0 Å². The second-order valence-electron chi connectivity index (χ2n) is 1.50. The Morgan fingerprint density at radius 1 is 1.50 bits per heavy atom.